The number of nitrogens with zero attached hydrogens (tertiary/aromatic N) is 5. The van der Waals surface area contributed by atoms with Crippen LogP contribution in [0.25, 0.3) is 5.65 Å². The molecule has 0 aromatic carbocycles. The molecule has 2 aromatic heterocycles. The van der Waals surface area contributed by atoms with E-state index >= 15 is 0 Å². The zero-order chi connectivity index (χ0) is 14.2. The summed E-state index contributed by atoms with van der Waals surface area (Å²) in [6.07, 6.45) is 5.10. The zero-order valence-electron chi connectivity index (χ0n) is 10.2. The number of aromatic nitrogens is 5. The van der Waals surface area contributed by atoms with E-state index in [0.717, 1.165) is 9.08 Å². The van der Waals surface area contributed by atoms with E-state index < -0.39 is 15.7 Å². The number of hydrogen-bond donors (Lipinski definition) is 1. The van der Waals surface area contributed by atoms with Gasteiger partial charge in [-0.2, -0.15) is 4.68 Å². The van der Waals surface area contributed by atoms with Crippen molar-refractivity contribution >= 4 is 15.7 Å². The van der Waals surface area contributed by atoms with Crippen LogP contribution >= 0.6 is 0 Å². The van der Waals surface area contributed by atoms with E-state index in [-0.39, 0.29) is 23.0 Å². The third-order valence-corrected chi connectivity index (χ3v) is 3.73. The average Bonchev–Trinajstić information content (AvgIpc) is 2.72. The third kappa shape index (κ3) is 1.98. The molecule has 0 amide bonds. The van der Waals surface area contributed by atoms with E-state index in [1.165, 1.54) is 14.0 Å². The molecular formula is C9H10N6O3S. The molecule has 0 atom stereocenters. The minimum Gasteiger partial charge on any atom is -0.245 e. The predicted molar refractivity (Wildman–Crippen MR) is 64.9 cm³/mol. The van der Waals surface area contributed by atoms with Crippen molar-refractivity contribution in [3.8, 4) is 12.3 Å². The van der Waals surface area contributed by atoms with Crippen LogP contribution in [0.4, 0.5) is 0 Å². The first-order valence-electron chi connectivity index (χ1n) is 5.12. The Morgan fingerprint density at radius 3 is 2.74 bits per heavy atom. The second-order valence-corrected chi connectivity index (χ2v) is 5.37. The van der Waals surface area contributed by atoms with Crippen LogP contribution in [-0.2, 0) is 16.6 Å². The number of rotatable bonds is 3. The number of sulfonamides is 1. The number of hydrogen-bond acceptors (Lipinski definition) is 6. The second kappa shape index (κ2) is 4.45. The minimum absolute atomic E-state index is 0.0620. The molecule has 2 rings (SSSR count). The van der Waals surface area contributed by atoms with Gasteiger partial charge in [-0.25, -0.2) is 27.3 Å². The summed E-state index contributed by atoms with van der Waals surface area (Å²) in [6, 6.07) is 0. The molecule has 0 saturated carbocycles. The van der Waals surface area contributed by atoms with E-state index in [9.17, 15) is 13.2 Å². The van der Waals surface area contributed by atoms with Crippen LogP contribution in [-0.4, -0.2) is 39.8 Å². The van der Waals surface area contributed by atoms with Gasteiger partial charge in [-0.1, -0.05) is 11.1 Å². The molecule has 1 N–H and O–H groups in total. The van der Waals surface area contributed by atoms with Gasteiger partial charge < -0.3 is 0 Å². The lowest BCUT2D eigenvalue weighted by molar-refractivity contribution is 0.570. The van der Waals surface area contributed by atoms with Gasteiger partial charge in [0.1, 0.15) is 12.4 Å². The van der Waals surface area contributed by atoms with Gasteiger partial charge >= 0.3 is 5.69 Å². The molecule has 0 fully saturated rings. The highest BCUT2D eigenvalue weighted by Gasteiger charge is 2.24. The number of aryl methyl sites for hydroxylation is 1. The second-order valence-electron chi connectivity index (χ2n) is 3.56. The number of terminal acetylenes is 1. The van der Waals surface area contributed by atoms with Gasteiger partial charge in [-0.15, -0.1) is 11.5 Å². The van der Waals surface area contributed by atoms with E-state index in [1.807, 2.05) is 0 Å². The van der Waals surface area contributed by atoms with Crippen LogP contribution in [0.3, 0.4) is 0 Å². The Balaban J connectivity index is 2.87. The summed E-state index contributed by atoms with van der Waals surface area (Å²) >= 11 is 0. The predicted octanol–water partition coefficient (Wildman–Crippen LogP) is -1.86. The molecule has 100 valence electrons. The topological polar surface area (TPSA) is 111 Å². The van der Waals surface area contributed by atoms with E-state index in [1.54, 1.807) is 0 Å². The van der Waals surface area contributed by atoms with Gasteiger partial charge in [0.25, 0.3) is 10.0 Å². The molecule has 0 spiro atoms. The number of imidazole rings is 1. The minimum atomic E-state index is -3.82. The fraction of sp³-hybridized carbons (Fsp3) is 0.333. The number of nitrogens with one attached hydrogen (secondary N) is 1. The standard InChI is InChI=1S/C9H10N6O3S/c1-4-5-14-9(16)15-6(2)11-8(7(15)12-13-14)19(17,18)10-3/h1,10H,5H2,2-3H3. The molecule has 0 aliphatic carbocycles. The Kier molecular flexibility index (Phi) is 3.09. The summed E-state index contributed by atoms with van der Waals surface area (Å²) in [5.74, 6) is 2.44. The van der Waals surface area contributed by atoms with Crippen molar-refractivity contribution in [2.75, 3.05) is 7.05 Å². The van der Waals surface area contributed by atoms with Crippen LogP contribution in [0.15, 0.2) is 9.82 Å². The average molecular weight is 282 g/mol. The summed E-state index contributed by atoms with van der Waals surface area (Å²) in [5, 5.41) is 6.93. The molecular weight excluding hydrogens is 272 g/mol. The van der Waals surface area contributed by atoms with Gasteiger partial charge in [0.05, 0.1) is 0 Å². The van der Waals surface area contributed by atoms with Crippen LogP contribution in [0.2, 0.25) is 0 Å². The van der Waals surface area contributed by atoms with E-state index in [0.29, 0.717) is 0 Å². The molecule has 0 unspecified atom stereocenters. The quantitative estimate of drug-likeness (QED) is 0.661. The van der Waals surface area contributed by atoms with Crippen LogP contribution in [0.5, 0.6) is 0 Å². The summed E-state index contributed by atoms with van der Waals surface area (Å²) in [7, 11) is -2.58. The van der Waals surface area contributed by atoms with Crippen LogP contribution in [0.1, 0.15) is 5.82 Å². The SMILES string of the molecule is C#CCn1nnc2c(S(=O)(=O)NC)nc(C)n2c1=O. The molecule has 0 radical (unpaired) electrons. The highest BCUT2D eigenvalue weighted by Crippen LogP contribution is 2.12. The lowest BCUT2D eigenvalue weighted by atomic mass is 10.6. The summed E-state index contributed by atoms with van der Waals surface area (Å²) in [5.41, 5.74) is -0.726. The maximum atomic E-state index is 12.0. The van der Waals surface area contributed by atoms with Gasteiger partial charge in [0.15, 0.2) is 0 Å². The van der Waals surface area contributed by atoms with Crippen molar-refractivity contribution in [3.05, 3.63) is 16.3 Å². The van der Waals surface area contributed by atoms with Crippen molar-refractivity contribution in [1.29, 1.82) is 0 Å². The first-order chi connectivity index (χ1) is 8.92. The Labute approximate surface area is 108 Å². The van der Waals surface area contributed by atoms with E-state index in [2.05, 4.69) is 25.9 Å². The monoisotopic (exact) mass is 282 g/mol. The summed E-state index contributed by atoms with van der Waals surface area (Å²) in [4.78, 5) is 15.9. The first-order valence-corrected chi connectivity index (χ1v) is 6.60. The fourth-order valence-corrected chi connectivity index (χ4v) is 2.34. The maximum absolute atomic E-state index is 12.0. The fourth-order valence-electron chi connectivity index (χ4n) is 1.53. The molecule has 0 saturated heterocycles. The molecule has 2 aromatic rings. The Bertz CT molecular complexity index is 841. The normalized spacial score (nSPS) is 11.6. The van der Waals surface area contributed by atoms with Gasteiger partial charge in [0, 0.05) is 0 Å². The van der Waals surface area contributed by atoms with E-state index in [4.69, 9.17) is 6.42 Å². The molecule has 0 aliphatic rings. The molecule has 0 aliphatic heterocycles. The highest BCUT2D eigenvalue weighted by molar-refractivity contribution is 7.89. The Hall–Kier alpha value is -2.25. The summed E-state index contributed by atoms with van der Waals surface area (Å²) < 4.78 is 27.6. The first kappa shape index (κ1) is 13.2. The largest absolute Gasteiger partial charge is 0.354 e. The third-order valence-electron chi connectivity index (χ3n) is 2.41. The summed E-state index contributed by atoms with van der Waals surface area (Å²) in [6.45, 7) is 1.43. The lowest BCUT2D eigenvalue weighted by Crippen LogP contribution is -2.30. The lowest BCUT2D eigenvalue weighted by Gasteiger charge is -2.00. The molecule has 0 bridgehead atoms. The van der Waals surface area contributed by atoms with Gasteiger partial charge in [-0.3, -0.25) is 0 Å². The van der Waals surface area contributed by atoms with Crippen molar-refractivity contribution in [1.82, 2.24) is 29.1 Å². The Morgan fingerprint density at radius 2 is 2.16 bits per heavy atom. The van der Waals surface area contributed by atoms with Crippen molar-refractivity contribution in [2.45, 2.75) is 18.5 Å². The Morgan fingerprint density at radius 1 is 1.47 bits per heavy atom. The van der Waals surface area contributed by atoms with Crippen LogP contribution in [0, 0.1) is 19.3 Å². The molecule has 2 heterocycles. The van der Waals surface area contributed by atoms with Crippen molar-refractivity contribution < 1.29 is 8.42 Å². The zero-order valence-corrected chi connectivity index (χ0v) is 11.0. The highest BCUT2D eigenvalue weighted by atomic mass is 32.2. The van der Waals surface area contributed by atoms with Crippen molar-refractivity contribution in [2.24, 2.45) is 0 Å². The molecule has 19 heavy (non-hydrogen) atoms. The maximum Gasteiger partial charge on any atom is 0.354 e. The van der Waals surface area contributed by atoms with Crippen molar-refractivity contribution in [3.63, 3.8) is 0 Å². The smallest absolute Gasteiger partial charge is 0.245 e. The van der Waals surface area contributed by atoms with Crippen LogP contribution < -0.4 is 10.4 Å². The van der Waals surface area contributed by atoms with Gasteiger partial charge in [0.2, 0.25) is 10.7 Å². The molecule has 10 heteroatoms. The molecule has 9 nitrogen and oxygen atoms in total. The number of fused-ring (bicyclic) bond motifs is 1. The van der Waals surface area contributed by atoms with Gasteiger partial charge in [-0.05, 0) is 14.0 Å².